The van der Waals surface area contributed by atoms with Crippen LogP contribution in [-0.4, -0.2) is 103 Å². The Labute approximate surface area is 382 Å². The number of sulfonamides is 1. The van der Waals surface area contributed by atoms with Crippen LogP contribution in [0.25, 0.3) is 0 Å². The molecule has 0 bridgehead atoms. The zero-order valence-electron chi connectivity index (χ0n) is 37.9. The molecule has 348 valence electrons. The van der Waals surface area contributed by atoms with E-state index < -0.39 is 32.1 Å². The van der Waals surface area contributed by atoms with E-state index in [0.717, 1.165) is 107 Å². The minimum Gasteiger partial charge on any atom is -0.495 e. The number of rotatable bonds is 15. The highest BCUT2D eigenvalue weighted by atomic mass is 32.2. The van der Waals surface area contributed by atoms with E-state index in [4.69, 9.17) is 9.47 Å². The smallest absolute Gasteiger partial charge is 0.293 e. The normalized spacial score (nSPS) is 22.9. The molecule has 2 saturated carbocycles. The van der Waals surface area contributed by atoms with E-state index in [0.29, 0.717) is 25.4 Å². The van der Waals surface area contributed by atoms with Crippen molar-refractivity contribution in [2.45, 2.75) is 107 Å². The Morgan fingerprint density at radius 2 is 1.69 bits per heavy atom. The lowest BCUT2D eigenvalue weighted by atomic mass is 9.59. The SMILES string of the molecule is COc1ccc(CN2CCN(C3CC4(CCN(c5ccc(C(=O)NS(=O)(=O)c6ccc(NCC7CCC(C)(O)CC7)c([N+](=O)[O-])c6)cc5)CC4)C3)[C@@H](c3ccccc3OC(C)C)C2)nc1. The highest BCUT2D eigenvalue weighted by Gasteiger charge is 2.50. The largest absolute Gasteiger partial charge is 0.495 e. The third kappa shape index (κ3) is 10.9. The molecule has 8 rings (SSSR count). The van der Waals surface area contributed by atoms with Crippen molar-refractivity contribution in [1.82, 2.24) is 19.5 Å². The number of nitrogens with one attached hydrogen (secondary N) is 2. The van der Waals surface area contributed by atoms with Gasteiger partial charge in [-0.25, -0.2) is 13.1 Å². The molecule has 4 aliphatic rings. The Morgan fingerprint density at radius 3 is 2.35 bits per heavy atom. The maximum atomic E-state index is 13.3. The second kappa shape index (κ2) is 19.3. The monoisotopic (exact) mass is 909 g/mol. The van der Waals surface area contributed by atoms with Gasteiger partial charge in [0.05, 0.1) is 46.6 Å². The molecule has 2 saturated heterocycles. The number of aliphatic hydroxyl groups is 1. The number of anilines is 2. The first-order valence-corrected chi connectivity index (χ1v) is 24.5. The summed E-state index contributed by atoms with van der Waals surface area (Å²) in [6.07, 6.45) is 9.14. The number of piperidine rings is 1. The summed E-state index contributed by atoms with van der Waals surface area (Å²) in [4.78, 5) is 36.4. The lowest BCUT2D eigenvalue weighted by Crippen LogP contribution is -2.59. The third-order valence-corrected chi connectivity index (χ3v) is 15.5. The van der Waals surface area contributed by atoms with E-state index in [2.05, 4.69) is 67.8 Å². The second-order valence-electron chi connectivity index (χ2n) is 19.2. The van der Waals surface area contributed by atoms with Crippen LogP contribution in [0.3, 0.4) is 0 Å². The van der Waals surface area contributed by atoms with Crippen molar-refractivity contribution in [1.29, 1.82) is 0 Å². The number of benzene rings is 3. The summed E-state index contributed by atoms with van der Waals surface area (Å²) >= 11 is 0. The van der Waals surface area contributed by atoms with Gasteiger partial charge in [-0.3, -0.25) is 29.7 Å². The number of ether oxygens (including phenoxy) is 2. The number of pyridine rings is 1. The molecule has 0 unspecified atom stereocenters. The summed E-state index contributed by atoms with van der Waals surface area (Å²) in [5, 5.41) is 25.3. The molecular formula is C49H63N7O8S. The quantitative estimate of drug-likeness (QED) is 0.0787. The lowest BCUT2D eigenvalue weighted by molar-refractivity contribution is -0.384. The van der Waals surface area contributed by atoms with Gasteiger partial charge in [-0.1, -0.05) is 18.2 Å². The van der Waals surface area contributed by atoms with Gasteiger partial charge in [-0.2, -0.15) is 0 Å². The molecular weight excluding hydrogens is 847 g/mol. The fraction of sp³-hybridized carbons (Fsp3) is 0.510. The number of nitro benzene ring substituents is 1. The molecule has 65 heavy (non-hydrogen) atoms. The number of carbonyl (C=O) groups is 1. The number of aromatic nitrogens is 1. The van der Waals surface area contributed by atoms with E-state index in [9.17, 15) is 28.4 Å². The first-order chi connectivity index (χ1) is 31.1. The number of para-hydroxylation sites is 1. The van der Waals surface area contributed by atoms with Gasteiger partial charge in [0, 0.05) is 74.7 Å². The summed E-state index contributed by atoms with van der Waals surface area (Å²) < 4.78 is 40.4. The number of carbonyl (C=O) groups excluding carboxylic acids is 1. The molecule has 1 atom stereocenters. The van der Waals surface area contributed by atoms with Crippen molar-refractivity contribution in [3.63, 3.8) is 0 Å². The molecule has 4 aromatic rings. The maximum Gasteiger partial charge on any atom is 0.293 e. The molecule has 15 nitrogen and oxygen atoms in total. The van der Waals surface area contributed by atoms with E-state index >= 15 is 0 Å². The Hall–Kier alpha value is -5.29. The Balaban J connectivity index is 0.857. The summed E-state index contributed by atoms with van der Waals surface area (Å²) in [5.74, 6) is 1.11. The Bertz CT molecular complexity index is 2410. The van der Waals surface area contributed by atoms with Crippen molar-refractivity contribution in [3.8, 4) is 11.5 Å². The highest BCUT2D eigenvalue weighted by Crippen LogP contribution is 2.53. The number of piperazine rings is 1. The molecule has 3 aromatic carbocycles. The van der Waals surface area contributed by atoms with Crippen molar-refractivity contribution >= 4 is 33.0 Å². The number of hydrogen-bond acceptors (Lipinski definition) is 13. The van der Waals surface area contributed by atoms with Crippen molar-refractivity contribution in [3.05, 3.63) is 112 Å². The third-order valence-electron chi connectivity index (χ3n) is 14.2. The minimum absolute atomic E-state index is 0.0678. The van der Waals surface area contributed by atoms with Crippen LogP contribution in [0.15, 0.2) is 90.0 Å². The zero-order chi connectivity index (χ0) is 45.9. The average Bonchev–Trinajstić information content (AvgIpc) is 3.28. The number of nitro groups is 1. The van der Waals surface area contributed by atoms with Crippen LogP contribution in [0, 0.1) is 21.4 Å². The Kier molecular flexibility index (Phi) is 13.7. The van der Waals surface area contributed by atoms with Gasteiger partial charge in [0.2, 0.25) is 0 Å². The molecule has 2 aliphatic heterocycles. The molecule has 1 spiro atoms. The minimum atomic E-state index is -4.41. The topological polar surface area (TPSA) is 180 Å². The lowest BCUT2D eigenvalue weighted by Gasteiger charge is -2.58. The highest BCUT2D eigenvalue weighted by molar-refractivity contribution is 7.90. The Morgan fingerprint density at radius 1 is 0.969 bits per heavy atom. The first-order valence-electron chi connectivity index (χ1n) is 23.0. The van der Waals surface area contributed by atoms with Crippen LogP contribution in [0.2, 0.25) is 0 Å². The van der Waals surface area contributed by atoms with Crippen molar-refractivity contribution in [2.24, 2.45) is 11.3 Å². The van der Waals surface area contributed by atoms with E-state index in [-0.39, 0.29) is 39.6 Å². The van der Waals surface area contributed by atoms with Crippen LogP contribution in [0.1, 0.15) is 99.8 Å². The van der Waals surface area contributed by atoms with Gasteiger partial charge in [-0.05, 0) is 138 Å². The van der Waals surface area contributed by atoms with Crippen molar-refractivity contribution in [2.75, 3.05) is 56.6 Å². The van der Waals surface area contributed by atoms with Gasteiger partial charge < -0.3 is 24.8 Å². The first kappa shape index (κ1) is 46.2. The summed E-state index contributed by atoms with van der Waals surface area (Å²) in [7, 11) is -2.76. The van der Waals surface area contributed by atoms with Crippen LogP contribution < -0.4 is 24.4 Å². The van der Waals surface area contributed by atoms with Crippen LogP contribution in [0.4, 0.5) is 17.1 Å². The zero-order valence-corrected chi connectivity index (χ0v) is 38.8. The number of methoxy groups -OCH3 is 1. The molecule has 2 aliphatic carbocycles. The van der Waals surface area contributed by atoms with Gasteiger partial charge in [0.1, 0.15) is 17.2 Å². The standard InChI is InChI=1S/C49H63N7O8S/c1-34(2)64-46-8-6-5-7-42(46)45-33-53(32-37-11-14-40(63-4)31-50-37)25-26-55(45)39-28-49(29-39)21-23-54(24-22-49)38-12-9-36(10-13-38)47(57)52-65(61,62)41-15-16-43(44(27-41)56(59)60)51-30-35-17-19-48(3,58)20-18-35/h5-16,27,31,34-35,39,45,51,58H,17-26,28-30,32-33H2,1-4H3,(H,52,57)/t35?,45-,48?/m1/s1. The second-order valence-corrected chi connectivity index (χ2v) is 20.9. The van der Waals surface area contributed by atoms with Crippen LogP contribution in [-0.2, 0) is 16.6 Å². The molecule has 1 amide bonds. The van der Waals surface area contributed by atoms with Crippen molar-refractivity contribution < 1.29 is 32.7 Å². The number of nitrogens with zero attached hydrogens (tertiary/aromatic N) is 5. The maximum absolute atomic E-state index is 13.3. The fourth-order valence-electron chi connectivity index (χ4n) is 10.3. The van der Waals surface area contributed by atoms with E-state index in [1.807, 2.05) is 31.2 Å². The predicted molar refractivity (Wildman–Crippen MR) is 250 cm³/mol. The molecule has 16 heteroatoms. The van der Waals surface area contributed by atoms with Gasteiger partial charge >= 0.3 is 0 Å². The van der Waals surface area contributed by atoms with Gasteiger partial charge in [-0.15, -0.1) is 0 Å². The summed E-state index contributed by atoms with van der Waals surface area (Å²) in [5.41, 5.74) is 2.78. The van der Waals surface area contributed by atoms with Crippen LogP contribution in [0.5, 0.6) is 11.5 Å². The fourth-order valence-corrected chi connectivity index (χ4v) is 11.3. The molecule has 0 radical (unpaired) electrons. The molecule has 1 aromatic heterocycles. The van der Waals surface area contributed by atoms with E-state index in [1.165, 1.54) is 17.7 Å². The summed E-state index contributed by atoms with van der Waals surface area (Å²) in [6, 6.07) is 23.7. The number of amides is 1. The van der Waals surface area contributed by atoms with Crippen LogP contribution >= 0.6 is 0 Å². The van der Waals surface area contributed by atoms with E-state index in [1.54, 1.807) is 25.4 Å². The molecule has 3 N–H and O–H groups in total. The predicted octanol–water partition coefficient (Wildman–Crippen LogP) is 7.57. The summed E-state index contributed by atoms with van der Waals surface area (Å²) in [6.45, 7) is 11.8. The molecule has 3 heterocycles. The average molecular weight is 910 g/mol. The molecule has 4 fully saturated rings. The van der Waals surface area contributed by atoms with Gasteiger partial charge in [0.25, 0.3) is 21.6 Å². The van der Waals surface area contributed by atoms with Gasteiger partial charge in [0.15, 0.2) is 0 Å². The number of hydrogen-bond donors (Lipinski definition) is 3.